The fraction of sp³-hybridized carbons (Fsp3) is 0.190. The van der Waals surface area contributed by atoms with Gasteiger partial charge in [-0.3, -0.25) is 0 Å². The average molecular weight is 413 g/mol. The number of carbonyl (C=O) groups excluding carboxylic acids is 3. The fourth-order valence-electron chi connectivity index (χ4n) is 3.01. The zero-order chi connectivity index (χ0) is 21.7. The summed E-state index contributed by atoms with van der Waals surface area (Å²) in [7, 11) is 0. The third-order valence-corrected chi connectivity index (χ3v) is 4.36. The summed E-state index contributed by atoms with van der Waals surface area (Å²) < 4.78 is 23.6. The van der Waals surface area contributed by atoms with E-state index in [4.69, 9.17) is 15.2 Å². The summed E-state index contributed by atoms with van der Waals surface area (Å²) >= 11 is 0. The van der Waals surface area contributed by atoms with E-state index in [2.05, 4.69) is 10.6 Å². The Morgan fingerprint density at radius 1 is 1.10 bits per heavy atom. The first-order valence-electron chi connectivity index (χ1n) is 9.15. The van der Waals surface area contributed by atoms with Crippen molar-refractivity contribution in [3.8, 4) is 0 Å². The van der Waals surface area contributed by atoms with Gasteiger partial charge in [-0.15, -0.1) is 0 Å². The molecule has 0 bridgehead atoms. The van der Waals surface area contributed by atoms with Crippen LogP contribution in [-0.2, 0) is 14.3 Å². The van der Waals surface area contributed by atoms with Crippen LogP contribution in [-0.4, -0.2) is 31.2 Å². The van der Waals surface area contributed by atoms with Crippen LogP contribution in [0.2, 0.25) is 0 Å². The number of halogens is 1. The van der Waals surface area contributed by atoms with Crippen LogP contribution in [0.4, 0.5) is 14.9 Å². The summed E-state index contributed by atoms with van der Waals surface area (Å²) in [6.07, 6.45) is 0. The van der Waals surface area contributed by atoms with Gasteiger partial charge in [-0.1, -0.05) is 30.3 Å². The number of ether oxygens (including phenoxy) is 2. The lowest BCUT2D eigenvalue weighted by Crippen LogP contribution is -2.47. The molecule has 156 valence electrons. The molecule has 0 fully saturated rings. The molecule has 0 spiro atoms. The normalized spacial score (nSPS) is 15.8. The molecule has 30 heavy (non-hydrogen) atoms. The lowest BCUT2D eigenvalue weighted by molar-refractivity contribution is -0.139. The first-order valence-corrected chi connectivity index (χ1v) is 9.15. The highest BCUT2D eigenvalue weighted by Crippen LogP contribution is 2.28. The van der Waals surface area contributed by atoms with Gasteiger partial charge in [0.1, 0.15) is 12.4 Å². The third-order valence-electron chi connectivity index (χ3n) is 4.36. The Balaban J connectivity index is 1.91. The summed E-state index contributed by atoms with van der Waals surface area (Å²) in [5.41, 5.74) is 6.39. The van der Waals surface area contributed by atoms with Crippen LogP contribution in [0, 0.1) is 5.82 Å². The molecule has 1 heterocycles. The summed E-state index contributed by atoms with van der Waals surface area (Å²) in [5.74, 6) is -2.08. The minimum atomic E-state index is -0.827. The highest BCUT2D eigenvalue weighted by atomic mass is 19.1. The maximum atomic E-state index is 13.2. The van der Waals surface area contributed by atoms with Gasteiger partial charge in [-0.25, -0.2) is 18.8 Å². The van der Waals surface area contributed by atoms with Gasteiger partial charge in [0.25, 0.3) is 0 Å². The van der Waals surface area contributed by atoms with Crippen LogP contribution in [0.5, 0.6) is 0 Å². The topological polar surface area (TPSA) is 120 Å². The second kappa shape index (κ2) is 9.08. The predicted molar refractivity (Wildman–Crippen MR) is 106 cm³/mol. The first kappa shape index (κ1) is 20.8. The van der Waals surface area contributed by atoms with Crippen LogP contribution in [0.1, 0.15) is 28.9 Å². The molecule has 3 rings (SSSR count). The van der Waals surface area contributed by atoms with Crippen molar-refractivity contribution in [2.75, 3.05) is 18.9 Å². The number of hydrogen-bond donors (Lipinski definition) is 3. The molecule has 9 heteroatoms. The molecule has 8 nitrogen and oxygen atoms in total. The van der Waals surface area contributed by atoms with Gasteiger partial charge in [-0.2, -0.15) is 0 Å². The molecule has 2 aromatic carbocycles. The van der Waals surface area contributed by atoms with Crippen molar-refractivity contribution in [2.24, 2.45) is 0 Å². The maximum Gasteiger partial charge on any atom is 0.340 e. The Bertz CT molecular complexity index is 1010. The van der Waals surface area contributed by atoms with Gasteiger partial charge in [0.05, 0.1) is 29.5 Å². The summed E-state index contributed by atoms with van der Waals surface area (Å²) in [6.45, 7) is 1.36. The highest BCUT2D eigenvalue weighted by Gasteiger charge is 2.34. The molecule has 1 atom stereocenters. The van der Waals surface area contributed by atoms with Gasteiger partial charge in [0.15, 0.2) is 0 Å². The van der Waals surface area contributed by atoms with E-state index in [0.717, 1.165) is 12.1 Å². The van der Waals surface area contributed by atoms with Crippen molar-refractivity contribution in [3.63, 3.8) is 0 Å². The molecule has 1 unspecified atom stereocenters. The largest absolute Gasteiger partial charge is 0.463 e. The molecule has 0 aliphatic carbocycles. The molecule has 0 radical (unpaired) electrons. The predicted octanol–water partition coefficient (Wildman–Crippen LogP) is 2.44. The number of nitrogens with one attached hydrogen (secondary N) is 2. The van der Waals surface area contributed by atoms with Crippen molar-refractivity contribution in [3.05, 3.63) is 76.7 Å². The minimum absolute atomic E-state index is 0.0328. The van der Waals surface area contributed by atoms with Gasteiger partial charge < -0.3 is 25.8 Å². The summed E-state index contributed by atoms with van der Waals surface area (Å²) in [6, 6.07) is 10.7. The molecule has 2 aromatic rings. The van der Waals surface area contributed by atoms with E-state index in [1.807, 2.05) is 0 Å². The van der Waals surface area contributed by atoms with E-state index in [9.17, 15) is 18.8 Å². The second-order valence-electron chi connectivity index (χ2n) is 6.36. The smallest absolute Gasteiger partial charge is 0.340 e. The summed E-state index contributed by atoms with van der Waals surface area (Å²) in [4.78, 5) is 37.2. The van der Waals surface area contributed by atoms with E-state index in [-0.39, 0.29) is 29.1 Å². The number of anilines is 1. The summed E-state index contributed by atoms with van der Waals surface area (Å²) in [5, 5.41) is 5.17. The van der Waals surface area contributed by atoms with Gasteiger partial charge in [0, 0.05) is 5.69 Å². The molecule has 2 amide bonds. The van der Waals surface area contributed by atoms with Gasteiger partial charge in [0.2, 0.25) is 0 Å². The average Bonchev–Trinajstić information content (AvgIpc) is 2.72. The molecule has 0 aromatic heterocycles. The van der Waals surface area contributed by atoms with E-state index in [1.165, 1.54) is 6.07 Å². The van der Waals surface area contributed by atoms with E-state index >= 15 is 0 Å². The number of nitrogens with two attached hydrogens (primary N) is 1. The molecule has 1 aliphatic heterocycles. The number of urea groups is 1. The standard InChI is InChI=1S/C21H20FN3O5/c1-2-29-20(27)17-16(11-30-19(26)14-9-8-13(22)10-15(14)23)24-21(28)25-18(17)12-6-4-3-5-7-12/h3-10,18H,2,11,23H2,1H3,(H2,24,25,28). The number of amides is 2. The number of hydrogen-bond acceptors (Lipinski definition) is 6. The van der Waals surface area contributed by atoms with Crippen LogP contribution in [0.25, 0.3) is 0 Å². The van der Waals surface area contributed by atoms with Gasteiger partial charge in [-0.05, 0) is 30.7 Å². The van der Waals surface area contributed by atoms with Crippen LogP contribution in [0.15, 0.2) is 59.8 Å². The first-order chi connectivity index (χ1) is 14.4. The van der Waals surface area contributed by atoms with Crippen molar-refractivity contribution in [1.82, 2.24) is 10.6 Å². The zero-order valence-corrected chi connectivity index (χ0v) is 16.1. The van der Waals surface area contributed by atoms with Crippen LogP contribution < -0.4 is 16.4 Å². The van der Waals surface area contributed by atoms with Gasteiger partial charge >= 0.3 is 18.0 Å². The van der Waals surface area contributed by atoms with Crippen molar-refractivity contribution < 1.29 is 28.2 Å². The second-order valence-corrected chi connectivity index (χ2v) is 6.36. The quantitative estimate of drug-likeness (QED) is 0.494. The molecule has 4 N–H and O–H groups in total. The Kier molecular flexibility index (Phi) is 6.31. The number of benzene rings is 2. The Morgan fingerprint density at radius 2 is 1.83 bits per heavy atom. The number of esters is 2. The minimum Gasteiger partial charge on any atom is -0.463 e. The lowest BCUT2D eigenvalue weighted by atomic mass is 9.95. The molecule has 0 saturated heterocycles. The molecular weight excluding hydrogens is 393 g/mol. The number of carbonyl (C=O) groups is 3. The third kappa shape index (κ3) is 4.57. The Morgan fingerprint density at radius 3 is 2.50 bits per heavy atom. The molecular formula is C21H20FN3O5. The fourth-order valence-corrected chi connectivity index (χ4v) is 3.01. The Hall–Kier alpha value is -3.88. The van der Waals surface area contributed by atoms with Crippen LogP contribution in [0.3, 0.4) is 0 Å². The zero-order valence-electron chi connectivity index (χ0n) is 16.1. The molecule has 0 saturated carbocycles. The van der Waals surface area contributed by atoms with Crippen molar-refractivity contribution >= 4 is 23.7 Å². The van der Waals surface area contributed by atoms with Crippen molar-refractivity contribution in [1.29, 1.82) is 0 Å². The highest BCUT2D eigenvalue weighted by molar-refractivity contribution is 5.96. The SMILES string of the molecule is CCOC(=O)C1=C(COC(=O)c2ccc(F)cc2N)NC(=O)NC1c1ccccc1. The monoisotopic (exact) mass is 413 g/mol. The number of rotatable bonds is 6. The van der Waals surface area contributed by atoms with Crippen LogP contribution >= 0.6 is 0 Å². The lowest BCUT2D eigenvalue weighted by Gasteiger charge is -2.29. The van der Waals surface area contributed by atoms with E-state index in [0.29, 0.717) is 5.56 Å². The number of nitrogen functional groups attached to an aromatic ring is 1. The maximum absolute atomic E-state index is 13.2. The molecule has 1 aliphatic rings. The van der Waals surface area contributed by atoms with E-state index in [1.54, 1.807) is 37.3 Å². The van der Waals surface area contributed by atoms with E-state index < -0.39 is 36.4 Å². The Labute approximate surface area is 171 Å². The van der Waals surface area contributed by atoms with Crippen molar-refractivity contribution in [2.45, 2.75) is 13.0 Å².